The predicted octanol–water partition coefficient (Wildman–Crippen LogP) is 3.88. The fourth-order valence-electron chi connectivity index (χ4n) is 2.33. The molecule has 80 valence electrons. The molecule has 0 saturated heterocycles. The normalized spacial score (nSPS) is 20.2. The molecular weight excluding hydrogens is 172 g/mol. The van der Waals surface area contributed by atoms with E-state index in [2.05, 4.69) is 19.9 Å². The summed E-state index contributed by atoms with van der Waals surface area (Å²) < 4.78 is 0. The summed E-state index contributed by atoms with van der Waals surface area (Å²) in [6.07, 6.45) is 9.17. The number of rotatable bonds is 3. The van der Waals surface area contributed by atoms with Crippen LogP contribution in [0.5, 0.6) is 0 Å². The van der Waals surface area contributed by atoms with Gasteiger partial charge in [-0.25, -0.2) is 0 Å². The van der Waals surface area contributed by atoms with Gasteiger partial charge in [-0.1, -0.05) is 30.9 Å². The molecule has 1 rings (SSSR count). The lowest BCUT2D eigenvalue weighted by Gasteiger charge is -2.34. The van der Waals surface area contributed by atoms with Crippen molar-refractivity contribution < 1.29 is 4.79 Å². The lowest BCUT2D eigenvalue weighted by Crippen LogP contribution is -2.31. The molecule has 1 saturated carbocycles. The first-order valence-corrected chi connectivity index (χ1v) is 5.71. The van der Waals surface area contributed by atoms with Gasteiger partial charge in [-0.3, -0.25) is 4.79 Å². The molecule has 1 fully saturated rings. The van der Waals surface area contributed by atoms with Crippen LogP contribution in [0.4, 0.5) is 0 Å². The van der Waals surface area contributed by atoms with Crippen LogP contribution in [0.1, 0.15) is 59.3 Å². The smallest absolute Gasteiger partial charge is 0.136 e. The molecule has 1 aliphatic carbocycles. The Balaban J connectivity index is 2.70. The van der Waals surface area contributed by atoms with Crippen LogP contribution in [0.25, 0.3) is 0 Å². The number of hydrogen-bond donors (Lipinski definition) is 0. The third-order valence-electron chi connectivity index (χ3n) is 3.46. The predicted molar refractivity (Wildman–Crippen MR) is 60.2 cm³/mol. The van der Waals surface area contributed by atoms with E-state index in [9.17, 15) is 4.79 Å². The molecule has 0 radical (unpaired) electrons. The van der Waals surface area contributed by atoms with E-state index in [4.69, 9.17) is 0 Å². The number of allylic oxidation sites excluding steroid dienone is 2. The molecular formula is C13H22O. The van der Waals surface area contributed by atoms with E-state index in [0.717, 1.165) is 19.3 Å². The van der Waals surface area contributed by atoms with Gasteiger partial charge in [0.05, 0.1) is 0 Å². The first kappa shape index (κ1) is 11.5. The molecule has 0 aromatic heterocycles. The summed E-state index contributed by atoms with van der Waals surface area (Å²) >= 11 is 0. The van der Waals surface area contributed by atoms with Gasteiger partial charge >= 0.3 is 0 Å². The van der Waals surface area contributed by atoms with Crippen LogP contribution < -0.4 is 0 Å². The van der Waals surface area contributed by atoms with Crippen molar-refractivity contribution in [1.29, 1.82) is 0 Å². The number of hydrogen-bond acceptors (Lipinski definition) is 1. The van der Waals surface area contributed by atoms with Crippen LogP contribution in [0, 0.1) is 5.41 Å². The van der Waals surface area contributed by atoms with Crippen molar-refractivity contribution in [2.24, 2.45) is 5.41 Å². The van der Waals surface area contributed by atoms with Crippen LogP contribution in [-0.2, 0) is 4.79 Å². The quantitative estimate of drug-likeness (QED) is 0.623. The number of ketones is 1. The number of carbonyl (C=O) groups is 1. The van der Waals surface area contributed by atoms with Crippen LogP contribution in [0.3, 0.4) is 0 Å². The van der Waals surface area contributed by atoms with Crippen molar-refractivity contribution in [3.63, 3.8) is 0 Å². The highest BCUT2D eigenvalue weighted by Gasteiger charge is 2.35. The van der Waals surface area contributed by atoms with Gasteiger partial charge < -0.3 is 0 Å². The summed E-state index contributed by atoms with van der Waals surface area (Å²) in [5.41, 5.74) is 1.33. The molecule has 0 unspecified atom stereocenters. The largest absolute Gasteiger partial charge is 0.299 e. The Morgan fingerprint density at radius 3 is 2.14 bits per heavy atom. The number of carbonyl (C=O) groups excluding carboxylic acids is 1. The summed E-state index contributed by atoms with van der Waals surface area (Å²) in [5, 5.41) is 0. The lowest BCUT2D eigenvalue weighted by atomic mass is 9.69. The van der Waals surface area contributed by atoms with Crippen molar-refractivity contribution in [2.45, 2.75) is 59.3 Å². The highest BCUT2D eigenvalue weighted by Crippen LogP contribution is 2.40. The van der Waals surface area contributed by atoms with Crippen molar-refractivity contribution in [3.05, 3.63) is 11.6 Å². The average Bonchev–Trinajstić information content (AvgIpc) is 2.16. The molecule has 0 spiro atoms. The second-order valence-corrected chi connectivity index (χ2v) is 4.88. The van der Waals surface area contributed by atoms with Crippen LogP contribution >= 0.6 is 0 Å². The van der Waals surface area contributed by atoms with E-state index in [1.54, 1.807) is 6.92 Å². The maximum absolute atomic E-state index is 11.7. The minimum atomic E-state index is -0.00444. The third kappa shape index (κ3) is 2.70. The van der Waals surface area contributed by atoms with Crippen LogP contribution in [0.2, 0.25) is 0 Å². The van der Waals surface area contributed by atoms with E-state index >= 15 is 0 Å². The molecule has 0 aromatic carbocycles. The summed E-state index contributed by atoms with van der Waals surface area (Å²) in [6.45, 7) is 5.98. The standard InChI is InChI=1S/C13H22O/c1-11(2)7-10-13(12(3)14)8-5-4-6-9-13/h7H,4-6,8-10H2,1-3H3. The van der Waals surface area contributed by atoms with Gasteiger partial charge in [0.1, 0.15) is 5.78 Å². The van der Waals surface area contributed by atoms with Gasteiger partial charge in [0, 0.05) is 5.41 Å². The molecule has 14 heavy (non-hydrogen) atoms. The summed E-state index contributed by atoms with van der Waals surface area (Å²) in [6, 6.07) is 0. The Kier molecular flexibility index (Phi) is 3.91. The minimum Gasteiger partial charge on any atom is -0.299 e. The molecule has 0 atom stereocenters. The van der Waals surface area contributed by atoms with Crippen molar-refractivity contribution in [3.8, 4) is 0 Å². The maximum Gasteiger partial charge on any atom is 0.136 e. The molecule has 0 N–H and O–H groups in total. The van der Waals surface area contributed by atoms with E-state index < -0.39 is 0 Å². The molecule has 0 aromatic rings. The highest BCUT2D eigenvalue weighted by atomic mass is 16.1. The van der Waals surface area contributed by atoms with Gasteiger partial charge in [0.2, 0.25) is 0 Å². The molecule has 1 aliphatic rings. The van der Waals surface area contributed by atoms with Gasteiger partial charge in [-0.15, -0.1) is 0 Å². The SMILES string of the molecule is CC(=O)C1(CC=C(C)C)CCCCC1. The second kappa shape index (κ2) is 4.77. The first-order chi connectivity index (χ1) is 6.57. The Morgan fingerprint density at radius 2 is 1.71 bits per heavy atom. The van der Waals surface area contributed by atoms with Crippen molar-refractivity contribution in [1.82, 2.24) is 0 Å². The Morgan fingerprint density at radius 1 is 1.14 bits per heavy atom. The molecule has 1 heteroatoms. The highest BCUT2D eigenvalue weighted by molar-refractivity contribution is 5.82. The van der Waals surface area contributed by atoms with E-state index in [0.29, 0.717) is 5.78 Å². The van der Waals surface area contributed by atoms with E-state index in [1.165, 1.54) is 24.8 Å². The Labute approximate surface area is 87.6 Å². The van der Waals surface area contributed by atoms with Crippen molar-refractivity contribution in [2.75, 3.05) is 0 Å². The molecule has 0 amide bonds. The molecule has 1 nitrogen and oxygen atoms in total. The Hall–Kier alpha value is -0.590. The Bertz CT molecular complexity index is 228. The zero-order valence-electron chi connectivity index (χ0n) is 9.73. The first-order valence-electron chi connectivity index (χ1n) is 5.71. The van der Waals surface area contributed by atoms with Crippen LogP contribution in [0.15, 0.2) is 11.6 Å². The average molecular weight is 194 g/mol. The fourth-order valence-corrected chi connectivity index (χ4v) is 2.33. The fraction of sp³-hybridized carbons (Fsp3) is 0.769. The zero-order valence-corrected chi connectivity index (χ0v) is 9.73. The molecule has 0 heterocycles. The summed E-state index contributed by atoms with van der Waals surface area (Å²) in [5.74, 6) is 0.398. The maximum atomic E-state index is 11.7. The van der Waals surface area contributed by atoms with E-state index in [-0.39, 0.29) is 5.41 Å². The zero-order chi connectivity index (χ0) is 10.6. The summed E-state index contributed by atoms with van der Waals surface area (Å²) in [4.78, 5) is 11.7. The minimum absolute atomic E-state index is 0.00444. The van der Waals surface area contributed by atoms with Crippen LogP contribution in [-0.4, -0.2) is 5.78 Å². The summed E-state index contributed by atoms with van der Waals surface area (Å²) in [7, 11) is 0. The topological polar surface area (TPSA) is 17.1 Å². The lowest BCUT2D eigenvalue weighted by molar-refractivity contribution is -0.128. The monoisotopic (exact) mass is 194 g/mol. The third-order valence-corrected chi connectivity index (χ3v) is 3.46. The van der Waals surface area contributed by atoms with E-state index in [1.807, 2.05) is 0 Å². The van der Waals surface area contributed by atoms with Gasteiger partial charge in [-0.2, -0.15) is 0 Å². The van der Waals surface area contributed by atoms with Gasteiger partial charge in [0.25, 0.3) is 0 Å². The number of Topliss-reactive ketones (excluding diaryl/α,β-unsaturated/α-hetero) is 1. The molecule has 0 bridgehead atoms. The van der Waals surface area contributed by atoms with Gasteiger partial charge in [0.15, 0.2) is 0 Å². The second-order valence-electron chi connectivity index (χ2n) is 4.88. The molecule has 0 aliphatic heterocycles. The van der Waals surface area contributed by atoms with Gasteiger partial charge in [-0.05, 0) is 40.0 Å². The van der Waals surface area contributed by atoms with Crippen molar-refractivity contribution >= 4 is 5.78 Å².